The van der Waals surface area contributed by atoms with Crippen LogP contribution < -0.4 is 0 Å². The van der Waals surface area contributed by atoms with E-state index in [0.717, 1.165) is 6.42 Å². The van der Waals surface area contributed by atoms with E-state index in [-0.39, 0.29) is 5.60 Å². The van der Waals surface area contributed by atoms with Crippen molar-refractivity contribution in [1.82, 2.24) is 0 Å². The van der Waals surface area contributed by atoms with Crippen LogP contribution in [0.15, 0.2) is 0 Å². The lowest BCUT2D eigenvalue weighted by molar-refractivity contribution is 0.306. The maximum atomic E-state index is 8.54. The van der Waals surface area contributed by atoms with E-state index in [1.807, 2.05) is 6.92 Å². The van der Waals surface area contributed by atoms with Gasteiger partial charge in [-0.25, -0.2) is 0 Å². The Morgan fingerprint density at radius 2 is 2.15 bits per heavy atom. The number of unbranched alkanes of at least 4 members (excludes halogenated alkanes) is 3. The lowest BCUT2D eigenvalue weighted by atomic mass is 10.00. The SMILES string of the molecule is CCCCCC[C@@H]1O[C@@]1(C)CC#N. The van der Waals surface area contributed by atoms with Crippen LogP contribution in [-0.2, 0) is 4.74 Å². The number of hydrogen-bond acceptors (Lipinski definition) is 2. The third-order valence-electron chi connectivity index (χ3n) is 2.79. The summed E-state index contributed by atoms with van der Waals surface area (Å²) in [4.78, 5) is 0. The Morgan fingerprint density at radius 3 is 2.77 bits per heavy atom. The monoisotopic (exact) mass is 181 g/mol. The van der Waals surface area contributed by atoms with Gasteiger partial charge in [0.25, 0.3) is 0 Å². The summed E-state index contributed by atoms with van der Waals surface area (Å²) in [5, 5.41) is 8.54. The number of epoxide rings is 1. The summed E-state index contributed by atoms with van der Waals surface area (Å²) in [5.74, 6) is 0. The minimum absolute atomic E-state index is 0.0963. The molecular weight excluding hydrogens is 162 g/mol. The van der Waals surface area contributed by atoms with Gasteiger partial charge in [-0.2, -0.15) is 5.26 Å². The van der Waals surface area contributed by atoms with Gasteiger partial charge in [0, 0.05) is 0 Å². The average Bonchev–Trinajstić information content (AvgIpc) is 2.72. The van der Waals surface area contributed by atoms with Crippen molar-refractivity contribution in [3.63, 3.8) is 0 Å². The van der Waals surface area contributed by atoms with Crippen molar-refractivity contribution in [3.05, 3.63) is 0 Å². The molecule has 0 radical (unpaired) electrons. The van der Waals surface area contributed by atoms with Crippen molar-refractivity contribution in [2.24, 2.45) is 0 Å². The average molecular weight is 181 g/mol. The first kappa shape index (κ1) is 10.5. The van der Waals surface area contributed by atoms with Crippen molar-refractivity contribution in [2.75, 3.05) is 0 Å². The summed E-state index contributed by atoms with van der Waals surface area (Å²) in [6.45, 7) is 4.26. The van der Waals surface area contributed by atoms with E-state index in [1.54, 1.807) is 0 Å². The predicted molar refractivity (Wildman–Crippen MR) is 52.3 cm³/mol. The van der Waals surface area contributed by atoms with Gasteiger partial charge in [0.2, 0.25) is 0 Å². The fourth-order valence-electron chi connectivity index (χ4n) is 1.72. The second-order valence-electron chi connectivity index (χ2n) is 4.10. The molecule has 0 aromatic rings. The second kappa shape index (κ2) is 4.62. The van der Waals surface area contributed by atoms with Gasteiger partial charge in [0.15, 0.2) is 0 Å². The molecule has 0 aromatic carbocycles. The first-order valence-electron chi connectivity index (χ1n) is 5.27. The largest absolute Gasteiger partial charge is 0.365 e. The molecule has 0 bridgehead atoms. The van der Waals surface area contributed by atoms with Crippen LogP contribution in [0.25, 0.3) is 0 Å². The molecule has 1 aliphatic rings. The van der Waals surface area contributed by atoms with Crippen LogP contribution in [-0.4, -0.2) is 11.7 Å². The fraction of sp³-hybridized carbons (Fsp3) is 0.909. The maximum absolute atomic E-state index is 8.54. The van der Waals surface area contributed by atoms with Crippen molar-refractivity contribution >= 4 is 0 Å². The molecule has 13 heavy (non-hydrogen) atoms. The molecule has 0 saturated carbocycles. The number of ether oxygens (including phenoxy) is 1. The number of rotatable bonds is 6. The summed E-state index contributed by atoms with van der Waals surface area (Å²) in [7, 11) is 0. The summed E-state index contributed by atoms with van der Waals surface area (Å²) in [5.41, 5.74) is -0.0963. The quantitative estimate of drug-likeness (QED) is 0.466. The van der Waals surface area contributed by atoms with Crippen LogP contribution in [0, 0.1) is 11.3 Å². The van der Waals surface area contributed by atoms with E-state index in [1.165, 1.54) is 25.7 Å². The Labute approximate surface area is 80.9 Å². The van der Waals surface area contributed by atoms with Gasteiger partial charge in [-0.1, -0.05) is 32.6 Å². The van der Waals surface area contributed by atoms with Gasteiger partial charge in [-0.15, -0.1) is 0 Å². The Bertz CT molecular complexity index is 197. The lowest BCUT2D eigenvalue weighted by Gasteiger charge is -1.99. The Balaban J connectivity index is 2.04. The van der Waals surface area contributed by atoms with Crippen LogP contribution in [0.5, 0.6) is 0 Å². The van der Waals surface area contributed by atoms with Crippen LogP contribution in [0.4, 0.5) is 0 Å². The zero-order chi connectivity index (χ0) is 9.73. The molecule has 0 unspecified atom stereocenters. The zero-order valence-corrected chi connectivity index (χ0v) is 8.68. The topological polar surface area (TPSA) is 36.3 Å². The molecule has 74 valence electrons. The van der Waals surface area contributed by atoms with E-state index < -0.39 is 0 Å². The zero-order valence-electron chi connectivity index (χ0n) is 8.68. The molecule has 2 atom stereocenters. The third kappa shape index (κ3) is 3.00. The van der Waals surface area contributed by atoms with Crippen molar-refractivity contribution in [2.45, 2.75) is 64.1 Å². The van der Waals surface area contributed by atoms with Crippen LogP contribution >= 0.6 is 0 Å². The highest BCUT2D eigenvalue weighted by molar-refractivity contribution is 5.03. The van der Waals surface area contributed by atoms with Gasteiger partial charge >= 0.3 is 0 Å². The van der Waals surface area contributed by atoms with Gasteiger partial charge in [0.05, 0.1) is 18.6 Å². The van der Waals surface area contributed by atoms with Crippen LogP contribution in [0.2, 0.25) is 0 Å². The highest BCUT2D eigenvalue weighted by atomic mass is 16.6. The summed E-state index contributed by atoms with van der Waals surface area (Å²) >= 11 is 0. The number of hydrogen-bond donors (Lipinski definition) is 0. The highest BCUT2D eigenvalue weighted by Gasteiger charge is 2.51. The fourth-order valence-corrected chi connectivity index (χ4v) is 1.72. The molecule has 0 aliphatic carbocycles. The second-order valence-corrected chi connectivity index (χ2v) is 4.10. The molecule has 2 nitrogen and oxygen atoms in total. The molecule has 2 heteroatoms. The normalized spacial score (nSPS) is 31.3. The number of nitrogens with zero attached hydrogens (tertiary/aromatic N) is 1. The van der Waals surface area contributed by atoms with Gasteiger partial charge in [-0.05, 0) is 13.3 Å². The standard InChI is InChI=1S/C11H19NO/c1-3-4-5-6-7-10-11(2,13-10)8-9-12/h10H,3-8H2,1-2H3/t10-,11-/m0/s1. The van der Waals surface area contributed by atoms with Crippen molar-refractivity contribution in [1.29, 1.82) is 5.26 Å². The molecule has 1 rings (SSSR count). The molecule has 1 fully saturated rings. The van der Waals surface area contributed by atoms with Crippen molar-refractivity contribution in [3.8, 4) is 6.07 Å². The van der Waals surface area contributed by atoms with Crippen LogP contribution in [0.1, 0.15) is 52.4 Å². The molecule has 0 aromatic heterocycles. The van der Waals surface area contributed by atoms with Gasteiger partial charge in [-0.3, -0.25) is 0 Å². The van der Waals surface area contributed by atoms with Gasteiger partial charge < -0.3 is 4.74 Å². The molecule has 0 amide bonds. The minimum Gasteiger partial charge on any atom is -0.365 e. The molecule has 0 spiro atoms. The summed E-state index contributed by atoms with van der Waals surface area (Å²) in [6.07, 6.45) is 7.20. The molecular formula is C11H19NO. The van der Waals surface area contributed by atoms with Gasteiger partial charge in [0.1, 0.15) is 5.60 Å². The molecule has 1 heterocycles. The van der Waals surface area contributed by atoms with E-state index in [2.05, 4.69) is 13.0 Å². The Kier molecular flexibility index (Phi) is 3.74. The van der Waals surface area contributed by atoms with Crippen LogP contribution in [0.3, 0.4) is 0 Å². The molecule has 1 saturated heterocycles. The van der Waals surface area contributed by atoms with E-state index in [9.17, 15) is 0 Å². The summed E-state index contributed by atoms with van der Waals surface area (Å²) < 4.78 is 5.50. The number of nitriles is 1. The molecule has 1 aliphatic heterocycles. The minimum atomic E-state index is -0.0963. The van der Waals surface area contributed by atoms with Crippen molar-refractivity contribution < 1.29 is 4.74 Å². The van der Waals surface area contributed by atoms with E-state index in [0.29, 0.717) is 12.5 Å². The molecule has 0 N–H and O–H groups in total. The first-order chi connectivity index (χ1) is 6.23. The smallest absolute Gasteiger partial charge is 0.105 e. The third-order valence-corrected chi connectivity index (χ3v) is 2.79. The first-order valence-corrected chi connectivity index (χ1v) is 5.27. The lowest BCUT2D eigenvalue weighted by Crippen LogP contribution is -2.08. The maximum Gasteiger partial charge on any atom is 0.105 e. The highest BCUT2D eigenvalue weighted by Crippen LogP contribution is 2.41. The van der Waals surface area contributed by atoms with E-state index in [4.69, 9.17) is 10.00 Å². The predicted octanol–water partition coefficient (Wildman–Crippen LogP) is 3.03. The Morgan fingerprint density at radius 1 is 1.38 bits per heavy atom. The summed E-state index contributed by atoms with van der Waals surface area (Å²) in [6, 6.07) is 2.18. The van der Waals surface area contributed by atoms with E-state index >= 15 is 0 Å². The Hall–Kier alpha value is -0.550.